The van der Waals surface area contributed by atoms with Crippen molar-refractivity contribution in [2.75, 3.05) is 19.8 Å². The fourth-order valence-electron chi connectivity index (χ4n) is 1.16. The molecule has 0 radical (unpaired) electrons. The fraction of sp³-hybridized carbons (Fsp3) is 0.333. The summed E-state index contributed by atoms with van der Waals surface area (Å²) >= 11 is 5.70. The Hall–Kier alpha value is -1.39. The number of ketones is 1. The van der Waals surface area contributed by atoms with Crippen LogP contribution in [0.2, 0.25) is 5.02 Å². The van der Waals surface area contributed by atoms with Gasteiger partial charge in [0.2, 0.25) is 5.91 Å². The van der Waals surface area contributed by atoms with Crippen molar-refractivity contribution in [3.63, 3.8) is 0 Å². The first-order valence-corrected chi connectivity index (χ1v) is 5.64. The zero-order chi connectivity index (χ0) is 12.7. The van der Waals surface area contributed by atoms with Crippen LogP contribution in [0.15, 0.2) is 24.3 Å². The Labute approximate surface area is 105 Å². The average Bonchev–Trinajstić information content (AvgIpc) is 2.34. The van der Waals surface area contributed by atoms with Crippen molar-refractivity contribution in [1.82, 2.24) is 5.32 Å². The number of carbonyl (C=O) groups excluding carboxylic acids is 2. The normalized spacial score (nSPS) is 10.0. The molecule has 92 valence electrons. The molecular weight excluding hydrogens is 242 g/mol. The monoisotopic (exact) mass is 255 g/mol. The van der Waals surface area contributed by atoms with Crippen LogP contribution in [0.5, 0.6) is 0 Å². The Morgan fingerprint density at radius 3 is 2.53 bits per heavy atom. The summed E-state index contributed by atoms with van der Waals surface area (Å²) in [7, 11) is 0. The fourth-order valence-corrected chi connectivity index (χ4v) is 1.29. The van der Waals surface area contributed by atoms with Crippen LogP contribution in [0, 0.1) is 0 Å². The van der Waals surface area contributed by atoms with E-state index in [-0.39, 0.29) is 24.8 Å². The van der Waals surface area contributed by atoms with Crippen molar-refractivity contribution in [3.05, 3.63) is 34.9 Å². The van der Waals surface area contributed by atoms with Gasteiger partial charge in [0.05, 0.1) is 6.54 Å². The number of nitrogens with one attached hydrogen (secondary N) is 1. The third-order valence-corrected chi connectivity index (χ3v) is 2.30. The molecule has 0 saturated carbocycles. The molecule has 0 unspecified atom stereocenters. The summed E-state index contributed by atoms with van der Waals surface area (Å²) in [6, 6.07) is 6.52. The molecule has 1 rings (SSSR count). The third-order valence-electron chi connectivity index (χ3n) is 2.05. The van der Waals surface area contributed by atoms with Gasteiger partial charge in [0.15, 0.2) is 5.78 Å². The highest BCUT2D eigenvalue weighted by Crippen LogP contribution is 2.09. The first kappa shape index (κ1) is 13.7. The standard InChI is InChI=1S/C12H14ClNO3/c1-2-17-8-12(16)14-7-11(15)9-3-5-10(13)6-4-9/h3-6H,2,7-8H2,1H3,(H,14,16). The maximum atomic E-state index is 11.6. The average molecular weight is 256 g/mol. The van der Waals surface area contributed by atoms with Crippen molar-refractivity contribution in [2.45, 2.75) is 6.92 Å². The number of rotatable bonds is 6. The van der Waals surface area contributed by atoms with E-state index < -0.39 is 0 Å². The highest BCUT2D eigenvalue weighted by atomic mass is 35.5. The highest BCUT2D eigenvalue weighted by molar-refractivity contribution is 6.30. The van der Waals surface area contributed by atoms with E-state index in [2.05, 4.69) is 5.32 Å². The van der Waals surface area contributed by atoms with E-state index in [1.54, 1.807) is 31.2 Å². The number of halogens is 1. The Bertz CT molecular complexity index is 389. The molecule has 1 aromatic carbocycles. The van der Waals surface area contributed by atoms with Crippen molar-refractivity contribution in [3.8, 4) is 0 Å². The number of benzene rings is 1. The van der Waals surface area contributed by atoms with E-state index >= 15 is 0 Å². The molecule has 0 aliphatic rings. The smallest absolute Gasteiger partial charge is 0.246 e. The lowest BCUT2D eigenvalue weighted by molar-refractivity contribution is -0.125. The van der Waals surface area contributed by atoms with E-state index in [4.69, 9.17) is 16.3 Å². The molecule has 0 aliphatic carbocycles. The summed E-state index contributed by atoms with van der Waals surface area (Å²) in [5.41, 5.74) is 0.520. The number of hydrogen-bond acceptors (Lipinski definition) is 3. The van der Waals surface area contributed by atoms with Gasteiger partial charge in [0.1, 0.15) is 6.61 Å². The summed E-state index contributed by atoms with van der Waals surface area (Å²) in [4.78, 5) is 22.8. The second-order valence-electron chi connectivity index (χ2n) is 3.34. The summed E-state index contributed by atoms with van der Waals surface area (Å²) < 4.78 is 4.91. The van der Waals surface area contributed by atoms with Crippen LogP contribution < -0.4 is 5.32 Å². The topological polar surface area (TPSA) is 55.4 Å². The molecule has 0 atom stereocenters. The molecule has 0 heterocycles. The van der Waals surface area contributed by atoms with Gasteiger partial charge in [-0.3, -0.25) is 9.59 Å². The SMILES string of the molecule is CCOCC(=O)NCC(=O)c1ccc(Cl)cc1. The second-order valence-corrected chi connectivity index (χ2v) is 3.78. The summed E-state index contributed by atoms with van der Waals surface area (Å²) in [6.07, 6.45) is 0. The molecule has 0 aliphatic heterocycles. The molecule has 17 heavy (non-hydrogen) atoms. The van der Waals surface area contributed by atoms with Gasteiger partial charge >= 0.3 is 0 Å². The van der Waals surface area contributed by atoms with Gasteiger partial charge in [-0.1, -0.05) is 11.6 Å². The van der Waals surface area contributed by atoms with E-state index in [1.165, 1.54) is 0 Å². The van der Waals surface area contributed by atoms with Gasteiger partial charge in [0.25, 0.3) is 0 Å². The van der Waals surface area contributed by atoms with Crippen LogP contribution in [0.25, 0.3) is 0 Å². The van der Waals surface area contributed by atoms with E-state index in [9.17, 15) is 9.59 Å². The molecule has 1 aromatic rings. The van der Waals surface area contributed by atoms with Crippen molar-refractivity contribution < 1.29 is 14.3 Å². The van der Waals surface area contributed by atoms with E-state index in [1.807, 2.05) is 0 Å². The maximum absolute atomic E-state index is 11.6. The van der Waals surface area contributed by atoms with Gasteiger partial charge in [0, 0.05) is 17.2 Å². The van der Waals surface area contributed by atoms with Crippen molar-refractivity contribution >= 4 is 23.3 Å². The van der Waals surface area contributed by atoms with Crippen LogP contribution in [-0.2, 0) is 9.53 Å². The maximum Gasteiger partial charge on any atom is 0.246 e. The summed E-state index contributed by atoms with van der Waals surface area (Å²) in [5.74, 6) is -0.458. The minimum atomic E-state index is -0.297. The zero-order valence-electron chi connectivity index (χ0n) is 9.53. The summed E-state index contributed by atoms with van der Waals surface area (Å²) in [5, 5.41) is 3.06. The van der Waals surface area contributed by atoms with Gasteiger partial charge in [-0.2, -0.15) is 0 Å². The van der Waals surface area contributed by atoms with E-state index in [0.717, 1.165) is 0 Å². The molecule has 5 heteroatoms. The Kier molecular flexibility index (Phi) is 5.66. The molecule has 0 fully saturated rings. The third kappa shape index (κ3) is 4.97. The van der Waals surface area contributed by atoms with Crippen LogP contribution in [0.4, 0.5) is 0 Å². The number of carbonyl (C=O) groups is 2. The van der Waals surface area contributed by atoms with Gasteiger partial charge in [-0.25, -0.2) is 0 Å². The minimum absolute atomic E-state index is 0.0234. The predicted molar refractivity (Wildman–Crippen MR) is 65.3 cm³/mol. The van der Waals surface area contributed by atoms with Crippen LogP contribution in [-0.4, -0.2) is 31.4 Å². The molecule has 1 N–H and O–H groups in total. The number of amides is 1. The van der Waals surface area contributed by atoms with E-state index in [0.29, 0.717) is 17.2 Å². The lowest BCUT2D eigenvalue weighted by atomic mass is 10.1. The van der Waals surface area contributed by atoms with Crippen LogP contribution in [0.1, 0.15) is 17.3 Å². The number of ether oxygens (including phenoxy) is 1. The first-order valence-electron chi connectivity index (χ1n) is 5.26. The predicted octanol–water partition coefficient (Wildman–Crippen LogP) is 1.68. The zero-order valence-corrected chi connectivity index (χ0v) is 10.3. The van der Waals surface area contributed by atoms with Crippen molar-refractivity contribution in [1.29, 1.82) is 0 Å². The molecule has 1 amide bonds. The highest BCUT2D eigenvalue weighted by Gasteiger charge is 2.07. The Morgan fingerprint density at radius 2 is 1.94 bits per heavy atom. The molecular formula is C12H14ClNO3. The molecule has 0 bridgehead atoms. The quantitative estimate of drug-likeness (QED) is 0.787. The van der Waals surface area contributed by atoms with Gasteiger partial charge in [-0.05, 0) is 31.2 Å². The van der Waals surface area contributed by atoms with Gasteiger partial charge in [-0.15, -0.1) is 0 Å². The molecule has 0 spiro atoms. The molecule has 4 nitrogen and oxygen atoms in total. The molecule has 0 saturated heterocycles. The minimum Gasteiger partial charge on any atom is -0.372 e. The van der Waals surface area contributed by atoms with Crippen molar-refractivity contribution in [2.24, 2.45) is 0 Å². The molecule has 0 aromatic heterocycles. The Morgan fingerprint density at radius 1 is 1.29 bits per heavy atom. The first-order chi connectivity index (χ1) is 8.13. The number of Topliss-reactive ketones (excluding diaryl/α,β-unsaturated/α-hetero) is 1. The van der Waals surface area contributed by atoms with Gasteiger partial charge < -0.3 is 10.1 Å². The second kappa shape index (κ2) is 7.04. The lowest BCUT2D eigenvalue weighted by Crippen LogP contribution is -2.32. The van der Waals surface area contributed by atoms with Crippen LogP contribution in [0.3, 0.4) is 0 Å². The largest absolute Gasteiger partial charge is 0.372 e. The number of hydrogen-bond donors (Lipinski definition) is 1. The lowest BCUT2D eigenvalue weighted by Gasteiger charge is -2.04. The Balaban J connectivity index is 2.39. The summed E-state index contributed by atoms with van der Waals surface area (Å²) in [6.45, 7) is 2.21. The van der Waals surface area contributed by atoms with Crippen LogP contribution >= 0.6 is 11.6 Å².